The number of rotatable bonds is 4. The number of alkyl carbamates (subject to hydrolysis) is 1. The first kappa shape index (κ1) is 17.4. The van der Waals surface area contributed by atoms with Crippen molar-refractivity contribution in [1.29, 1.82) is 0 Å². The zero-order valence-electron chi connectivity index (χ0n) is 12.9. The summed E-state index contributed by atoms with van der Waals surface area (Å²) < 4.78 is 5.12. The molecular weight excluding hydrogens is 290 g/mol. The van der Waals surface area contributed by atoms with Crippen molar-refractivity contribution < 1.29 is 14.6 Å². The molecule has 0 saturated heterocycles. The fraction of sp³-hybridized carbons (Fsp3) is 0.438. The molecule has 0 unspecified atom stereocenters. The first-order valence-electron chi connectivity index (χ1n) is 6.81. The molecule has 0 spiro atoms. The number of aryl methyl sites for hydroxylation is 1. The first-order valence-corrected chi connectivity index (χ1v) is 7.19. The summed E-state index contributed by atoms with van der Waals surface area (Å²) in [6.07, 6.45) is 3.84. The summed E-state index contributed by atoms with van der Waals surface area (Å²) in [6, 6.07) is 3.40. The second-order valence-electron chi connectivity index (χ2n) is 5.78. The predicted octanol–water partition coefficient (Wildman–Crippen LogP) is 4.28. The van der Waals surface area contributed by atoms with E-state index in [2.05, 4.69) is 5.32 Å². The Morgan fingerprint density at radius 2 is 2.10 bits per heavy atom. The van der Waals surface area contributed by atoms with Crippen LogP contribution in [0.2, 0.25) is 5.02 Å². The largest absolute Gasteiger partial charge is 0.507 e. The lowest BCUT2D eigenvalue weighted by molar-refractivity contribution is 0.0529. The Morgan fingerprint density at radius 3 is 2.71 bits per heavy atom. The number of hydrogen-bond acceptors (Lipinski definition) is 3. The van der Waals surface area contributed by atoms with Gasteiger partial charge in [-0.25, -0.2) is 4.79 Å². The van der Waals surface area contributed by atoms with Gasteiger partial charge in [-0.2, -0.15) is 0 Å². The summed E-state index contributed by atoms with van der Waals surface area (Å²) >= 11 is 5.95. The van der Waals surface area contributed by atoms with Gasteiger partial charge < -0.3 is 15.2 Å². The molecule has 21 heavy (non-hydrogen) atoms. The number of nitrogens with one attached hydrogen (secondary N) is 1. The number of amides is 1. The zero-order valence-corrected chi connectivity index (χ0v) is 13.6. The predicted molar refractivity (Wildman–Crippen MR) is 85.7 cm³/mol. The van der Waals surface area contributed by atoms with E-state index in [1.54, 1.807) is 25.1 Å². The number of carbonyl (C=O) groups is 1. The maximum absolute atomic E-state index is 11.4. The zero-order chi connectivity index (χ0) is 16.0. The molecule has 0 aliphatic heterocycles. The summed E-state index contributed by atoms with van der Waals surface area (Å²) in [5, 5.41) is 13.1. The van der Waals surface area contributed by atoms with Gasteiger partial charge in [-0.05, 0) is 51.8 Å². The summed E-state index contributed by atoms with van der Waals surface area (Å²) in [7, 11) is 0. The molecule has 0 radical (unpaired) electrons. The standard InChI is InChI=1S/C16H22ClNO3/c1-11-9-13(17)10-12(14(11)19)7-5-6-8-18-15(20)21-16(2,3)4/h5,7,9-10,19H,6,8H2,1-4H3,(H,18,20). The number of phenolic OH excluding ortho intramolecular Hbond substituents is 1. The third kappa shape index (κ3) is 6.54. The molecule has 0 aliphatic rings. The summed E-state index contributed by atoms with van der Waals surface area (Å²) in [5.74, 6) is 0.218. The minimum atomic E-state index is -0.496. The molecule has 0 saturated carbocycles. The Morgan fingerprint density at radius 1 is 1.43 bits per heavy atom. The fourth-order valence-electron chi connectivity index (χ4n) is 1.67. The second kappa shape index (κ2) is 7.36. The van der Waals surface area contributed by atoms with Gasteiger partial charge in [0.25, 0.3) is 0 Å². The Kier molecular flexibility index (Phi) is 6.09. The van der Waals surface area contributed by atoms with Gasteiger partial charge in [0, 0.05) is 17.1 Å². The lowest BCUT2D eigenvalue weighted by Gasteiger charge is -2.19. The van der Waals surface area contributed by atoms with Crippen LogP contribution in [0.1, 0.15) is 38.3 Å². The molecule has 0 aliphatic carbocycles. The van der Waals surface area contributed by atoms with Crippen molar-refractivity contribution in [3.63, 3.8) is 0 Å². The van der Waals surface area contributed by atoms with Crippen LogP contribution in [0, 0.1) is 6.92 Å². The number of phenols is 1. The lowest BCUT2D eigenvalue weighted by atomic mass is 10.1. The van der Waals surface area contributed by atoms with E-state index in [-0.39, 0.29) is 5.75 Å². The molecule has 0 aromatic heterocycles. The first-order chi connectivity index (χ1) is 9.69. The van der Waals surface area contributed by atoms with Gasteiger partial charge in [-0.1, -0.05) is 23.8 Å². The van der Waals surface area contributed by atoms with Gasteiger partial charge in [-0.3, -0.25) is 0 Å². The van der Waals surface area contributed by atoms with E-state index < -0.39 is 11.7 Å². The van der Waals surface area contributed by atoms with Crippen LogP contribution in [0.4, 0.5) is 4.79 Å². The van der Waals surface area contributed by atoms with Crippen LogP contribution in [0.15, 0.2) is 18.2 Å². The van der Waals surface area contributed by atoms with E-state index in [0.717, 1.165) is 5.56 Å². The molecular formula is C16H22ClNO3. The molecule has 116 valence electrons. The molecule has 0 bridgehead atoms. The van der Waals surface area contributed by atoms with Crippen molar-refractivity contribution in [2.24, 2.45) is 0 Å². The molecule has 0 heterocycles. The van der Waals surface area contributed by atoms with Gasteiger partial charge in [0.05, 0.1) is 0 Å². The summed E-state index contributed by atoms with van der Waals surface area (Å²) in [4.78, 5) is 11.4. The number of hydrogen-bond donors (Lipinski definition) is 2. The number of aromatic hydroxyl groups is 1. The molecule has 1 aromatic rings. The van der Waals surface area contributed by atoms with Gasteiger partial charge >= 0.3 is 6.09 Å². The molecule has 0 atom stereocenters. The number of halogens is 1. The third-order valence-electron chi connectivity index (χ3n) is 2.57. The van der Waals surface area contributed by atoms with Crippen molar-refractivity contribution in [2.75, 3.05) is 6.54 Å². The van der Waals surface area contributed by atoms with Gasteiger partial charge in [0.15, 0.2) is 0 Å². The number of carbonyl (C=O) groups excluding carboxylic acids is 1. The molecule has 1 rings (SSSR count). The van der Waals surface area contributed by atoms with E-state index >= 15 is 0 Å². The Hall–Kier alpha value is -1.68. The monoisotopic (exact) mass is 311 g/mol. The Balaban J connectivity index is 2.45. The third-order valence-corrected chi connectivity index (χ3v) is 2.79. The SMILES string of the molecule is Cc1cc(Cl)cc(C=CCCNC(=O)OC(C)(C)C)c1O. The van der Waals surface area contributed by atoms with Crippen molar-refractivity contribution in [2.45, 2.75) is 39.7 Å². The van der Waals surface area contributed by atoms with Crippen LogP contribution in [-0.4, -0.2) is 23.3 Å². The van der Waals surface area contributed by atoms with Crippen LogP contribution in [0.3, 0.4) is 0 Å². The summed E-state index contributed by atoms with van der Waals surface area (Å²) in [6.45, 7) is 7.71. The minimum absolute atomic E-state index is 0.218. The number of benzene rings is 1. The minimum Gasteiger partial charge on any atom is -0.507 e. The average Bonchev–Trinajstić information content (AvgIpc) is 2.32. The van der Waals surface area contributed by atoms with Crippen LogP contribution in [0.25, 0.3) is 6.08 Å². The topological polar surface area (TPSA) is 58.6 Å². The molecule has 4 nitrogen and oxygen atoms in total. The highest BCUT2D eigenvalue weighted by atomic mass is 35.5. The summed E-state index contributed by atoms with van der Waals surface area (Å²) in [5.41, 5.74) is 0.899. The average molecular weight is 312 g/mol. The van der Waals surface area contributed by atoms with Crippen LogP contribution >= 0.6 is 11.6 Å². The number of ether oxygens (including phenoxy) is 1. The molecule has 1 amide bonds. The van der Waals surface area contributed by atoms with Crippen LogP contribution in [-0.2, 0) is 4.74 Å². The molecule has 5 heteroatoms. The van der Waals surface area contributed by atoms with Crippen molar-refractivity contribution in [3.05, 3.63) is 34.4 Å². The van der Waals surface area contributed by atoms with E-state index in [0.29, 0.717) is 23.6 Å². The second-order valence-corrected chi connectivity index (χ2v) is 6.22. The Bertz CT molecular complexity index is 533. The van der Waals surface area contributed by atoms with Crippen molar-refractivity contribution in [3.8, 4) is 5.75 Å². The Labute approximate surface area is 130 Å². The van der Waals surface area contributed by atoms with Crippen LogP contribution in [0.5, 0.6) is 5.75 Å². The van der Waals surface area contributed by atoms with Gasteiger partial charge in [-0.15, -0.1) is 0 Å². The van der Waals surface area contributed by atoms with E-state index in [1.165, 1.54) is 0 Å². The quantitative estimate of drug-likeness (QED) is 0.816. The van der Waals surface area contributed by atoms with Gasteiger partial charge in [0.1, 0.15) is 11.4 Å². The van der Waals surface area contributed by atoms with Crippen molar-refractivity contribution in [1.82, 2.24) is 5.32 Å². The van der Waals surface area contributed by atoms with E-state index in [4.69, 9.17) is 16.3 Å². The highest BCUT2D eigenvalue weighted by molar-refractivity contribution is 6.30. The maximum atomic E-state index is 11.4. The normalized spacial score (nSPS) is 11.7. The molecule has 0 fully saturated rings. The highest BCUT2D eigenvalue weighted by Gasteiger charge is 2.15. The van der Waals surface area contributed by atoms with Crippen LogP contribution < -0.4 is 5.32 Å². The fourth-order valence-corrected chi connectivity index (χ4v) is 1.95. The van der Waals surface area contributed by atoms with Gasteiger partial charge in [0.2, 0.25) is 0 Å². The molecule has 2 N–H and O–H groups in total. The maximum Gasteiger partial charge on any atom is 0.407 e. The van der Waals surface area contributed by atoms with Crippen molar-refractivity contribution >= 4 is 23.8 Å². The van der Waals surface area contributed by atoms with E-state index in [9.17, 15) is 9.90 Å². The molecule has 1 aromatic carbocycles. The lowest BCUT2D eigenvalue weighted by Crippen LogP contribution is -2.32. The van der Waals surface area contributed by atoms with E-state index in [1.807, 2.05) is 26.8 Å². The smallest absolute Gasteiger partial charge is 0.407 e. The highest BCUT2D eigenvalue weighted by Crippen LogP contribution is 2.27.